The summed E-state index contributed by atoms with van der Waals surface area (Å²) in [6.45, 7) is 0.519. The third-order valence-corrected chi connectivity index (χ3v) is 1.93. The summed E-state index contributed by atoms with van der Waals surface area (Å²) in [6, 6.07) is 0. The van der Waals surface area contributed by atoms with E-state index in [1.54, 1.807) is 11.9 Å². The highest BCUT2D eigenvalue weighted by Gasteiger charge is 2.15. The molecule has 0 rings (SSSR count). The molecule has 0 aromatic rings. The third kappa shape index (κ3) is 6.33. The molecule has 0 aliphatic heterocycles. The van der Waals surface area contributed by atoms with Crippen LogP contribution < -0.4 is 0 Å². The van der Waals surface area contributed by atoms with E-state index in [1.807, 2.05) is 0 Å². The average molecular weight is 235 g/mol. The zero-order valence-electron chi connectivity index (χ0n) is 9.11. The highest BCUT2D eigenvalue weighted by atomic mass is 16.5. The van der Waals surface area contributed by atoms with Crippen molar-refractivity contribution in [1.29, 1.82) is 0 Å². The van der Waals surface area contributed by atoms with Gasteiger partial charge in [-0.2, -0.15) is 0 Å². The lowest BCUT2D eigenvalue weighted by Gasteiger charge is -2.24. The first-order valence-corrected chi connectivity index (χ1v) is 4.76. The maximum Gasteiger partial charge on any atom is 0.293 e. The molecule has 0 spiro atoms. The molecule has 0 aliphatic rings. The predicted molar refractivity (Wildman–Crippen MR) is 53.5 cm³/mol. The van der Waals surface area contributed by atoms with Crippen LogP contribution in [0.3, 0.4) is 0 Å². The van der Waals surface area contributed by atoms with Gasteiger partial charge in [0.15, 0.2) is 0 Å². The van der Waals surface area contributed by atoms with E-state index >= 15 is 0 Å². The monoisotopic (exact) mass is 235 g/mol. The maximum absolute atomic E-state index is 10.1. The minimum Gasteiger partial charge on any atom is -0.461 e. The van der Waals surface area contributed by atoms with Crippen molar-refractivity contribution in [3.05, 3.63) is 0 Å². The van der Waals surface area contributed by atoms with Crippen LogP contribution in [0.2, 0.25) is 0 Å². The molecule has 0 aliphatic carbocycles. The summed E-state index contributed by atoms with van der Waals surface area (Å²) in [5.41, 5.74) is 0. The molecule has 0 bridgehead atoms. The first-order chi connectivity index (χ1) is 7.67. The smallest absolute Gasteiger partial charge is 0.293 e. The van der Waals surface area contributed by atoms with Crippen molar-refractivity contribution < 1.29 is 29.3 Å². The van der Waals surface area contributed by atoms with E-state index in [0.717, 1.165) is 0 Å². The van der Waals surface area contributed by atoms with Gasteiger partial charge in [-0.15, -0.1) is 0 Å². The first-order valence-electron chi connectivity index (χ1n) is 4.76. The third-order valence-electron chi connectivity index (χ3n) is 1.93. The lowest BCUT2D eigenvalue weighted by atomic mass is 10.3. The van der Waals surface area contributed by atoms with Gasteiger partial charge in [0, 0.05) is 13.1 Å². The maximum atomic E-state index is 10.1. The molecule has 0 aromatic carbocycles. The molecular formula is C9H17NO6. The van der Waals surface area contributed by atoms with Crippen molar-refractivity contribution in [2.75, 3.05) is 33.4 Å². The molecule has 2 unspecified atom stereocenters. The summed E-state index contributed by atoms with van der Waals surface area (Å²) in [5, 5.41) is 17.7. The predicted octanol–water partition coefficient (Wildman–Crippen LogP) is -2.01. The summed E-state index contributed by atoms with van der Waals surface area (Å²) in [6.07, 6.45) is -1.25. The van der Waals surface area contributed by atoms with Gasteiger partial charge in [-0.05, 0) is 7.05 Å². The zero-order chi connectivity index (χ0) is 12.4. The second kappa shape index (κ2) is 9.08. The minimum atomic E-state index is -0.627. The number of likely N-dealkylation sites (N-methyl/N-ethyl adjacent to an activating group) is 1. The van der Waals surface area contributed by atoms with Gasteiger partial charge in [0.2, 0.25) is 0 Å². The summed E-state index contributed by atoms with van der Waals surface area (Å²) < 4.78 is 9.18. The molecule has 0 radical (unpaired) electrons. The number of hydrogen-bond donors (Lipinski definition) is 2. The Morgan fingerprint density at radius 3 is 1.69 bits per heavy atom. The van der Waals surface area contributed by atoms with Gasteiger partial charge in [0.25, 0.3) is 12.9 Å². The van der Waals surface area contributed by atoms with Crippen molar-refractivity contribution in [2.24, 2.45) is 0 Å². The Balaban J connectivity index is 3.97. The van der Waals surface area contributed by atoms with Crippen LogP contribution in [0, 0.1) is 0 Å². The van der Waals surface area contributed by atoms with Crippen LogP contribution in [0.25, 0.3) is 0 Å². The fourth-order valence-corrected chi connectivity index (χ4v) is 1.21. The van der Waals surface area contributed by atoms with Crippen molar-refractivity contribution in [3.8, 4) is 0 Å². The highest BCUT2D eigenvalue weighted by Crippen LogP contribution is 1.97. The van der Waals surface area contributed by atoms with Crippen LogP contribution in [-0.4, -0.2) is 73.6 Å². The van der Waals surface area contributed by atoms with Gasteiger partial charge < -0.3 is 19.7 Å². The van der Waals surface area contributed by atoms with E-state index in [1.165, 1.54) is 0 Å². The molecule has 7 heteroatoms. The van der Waals surface area contributed by atoms with Crippen LogP contribution in [0.15, 0.2) is 0 Å². The van der Waals surface area contributed by atoms with E-state index in [9.17, 15) is 9.59 Å². The summed E-state index contributed by atoms with van der Waals surface area (Å²) in [7, 11) is 1.69. The Labute approximate surface area is 93.6 Å². The molecule has 0 aromatic heterocycles. The van der Waals surface area contributed by atoms with Gasteiger partial charge in [-0.25, -0.2) is 0 Å². The Morgan fingerprint density at radius 2 is 1.44 bits per heavy atom. The summed E-state index contributed by atoms with van der Waals surface area (Å²) >= 11 is 0. The number of nitrogens with zero attached hydrogens (tertiary/aromatic N) is 1. The van der Waals surface area contributed by atoms with E-state index in [4.69, 9.17) is 10.2 Å². The molecule has 0 heterocycles. The average Bonchev–Trinajstić information content (AvgIpc) is 2.27. The molecule has 2 atom stereocenters. The Kier molecular flexibility index (Phi) is 8.41. The van der Waals surface area contributed by atoms with E-state index in [0.29, 0.717) is 0 Å². The first kappa shape index (κ1) is 14.8. The quantitative estimate of drug-likeness (QED) is 0.422. The van der Waals surface area contributed by atoms with Crippen LogP contribution in [0.5, 0.6) is 0 Å². The number of carbonyl (C=O) groups excluding carboxylic acids is 2. The number of aliphatic hydroxyl groups is 2. The molecule has 0 saturated heterocycles. The van der Waals surface area contributed by atoms with Gasteiger partial charge in [-0.1, -0.05) is 0 Å². The molecule has 2 N–H and O–H groups in total. The molecule has 7 nitrogen and oxygen atoms in total. The standard InChI is InChI=1S/C9H17NO6/c1-10(2-8(4-11)15-6-13)3-9(5-12)16-7-14/h6-9,11-12H,2-5H2,1H3. The second-order valence-corrected chi connectivity index (χ2v) is 3.29. The normalized spacial score (nSPS) is 14.2. The summed E-state index contributed by atoms with van der Waals surface area (Å²) in [4.78, 5) is 21.8. The van der Waals surface area contributed by atoms with Gasteiger partial charge in [0.05, 0.1) is 13.2 Å². The van der Waals surface area contributed by atoms with Gasteiger partial charge in [-0.3, -0.25) is 14.5 Å². The van der Waals surface area contributed by atoms with E-state index in [2.05, 4.69) is 9.47 Å². The van der Waals surface area contributed by atoms with Gasteiger partial charge >= 0.3 is 0 Å². The topological polar surface area (TPSA) is 96.3 Å². The number of ether oxygens (including phenoxy) is 2. The Bertz CT molecular complexity index is 180. The number of rotatable bonds is 10. The SMILES string of the molecule is CN(CC(CO)OC=O)CC(CO)OC=O. The highest BCUT2D eigenvalue weighted by molar-refractivity contribution is 5.37. The second-order valence-electron chi connectivity index (χ2n) is 3.29. The van der Waals surface area contributed by atoms with Crippen molar-refractivity contribution >= 4 is 12.9 Å². The molecule has 0 saturated carbocycles. The van der Waals surface area contributed by atoms with E-state index < -0.39 is 12.2 Å². The molecule has 0 amide bonds. The number of aliphatic hydroxyl groups excluding tert-OH is 2. The largest absolute Gasteiger partial charge is 0.461 e. The molecular weight excluding hydrogens is 218 g/mol. The Morgan fingerprint density at radius 1 is 1.06 bits per heavy atom. The number of hydrogen-bond acceptors (Lipinski definition) is 7. The zero-order valence-corrected chi connectivity index (χ0v) is 9.11. The van der Waals surface area contributed by atoms with Crippen LogP contribution in [0.1, 0.15) is 0 Å². The van der Waals surface area contributed by atoms with Gasteiger partial charge in [0.1, 0.15) is 12.2 Å². The molecule has 94 valence electrons. The lowest BCUT2D eigenvalue weighted by Crippen LogP contribution is -2.39. The molecule has 16 heavy (non-hydrogen) atoms. The fourth-order valence-electron chi connectivity index (χ4n) is 1.21. The van der Waals surface area contributed by atoms with Crippen molar-refractivity contribution in [2.45, 2.75) is 12.2 Å². The van der Waals surface area contributed by atoms with Crippen LogP contribution >= 0.6 is 0 Å². The van der Waals surface area contributed by atoms with Crippen molar-refractivity contribution in [3.63, 3.8) is 0 Å². The van der Waals surface area contributed by atoms with E-state index in [-0.39, 0.29) is 39.2 Å². The lowest BCUT2D eigenvalue weighted by molar-refractivity contribution is -0.138. The minimum absolute atomic E-state index is 0.264. The number of carbonyl (C=O) groups is 2. The molecule has 0 fully saturated rings. The fraction of sp³-hybridized carbons (Fsp3) is 0.778. The van der Waals surface area contributed by atoms with Crippen molar-refractivity contribution in [1.82, 2.24) is 4.90 Å². The van der Waals surface area contributed by atoms with Crippen LogP contribution in [-0.2, 0) is 19.1 Å². The Hall–Kier alpha value is -1.18. The van der Waals surface area contributed by atoms with Crippen LogP contribution in [0.4, 0.5) is 0 Å². The summed E-state index contributed by atoms with van der Waals surface area (Å²) in [5.74, 6) is 0.